The molecule has 0 fully saturated rings. The third-order valence-electron chi connectivity index (χ3n) is 3.11. The molecule has 0 spiro atoms. The Morgan fingerprint density at radius 3 is 2.64 bits per heavy atom. The lowest BCUT2D eigenvalue weighted by atomic mass is 10.1. The Bertz CT molecular complexity index is 617. The van der Waals surface area contributed by atoms with E-state index in [0.717, 1.165) is 18.6 Å². The van der Waals surface area contributed by atoms with Gasteiger partial charge in [-0.2, -0.15) is 0 Å². The van der Waals surface area contributed by atoms with E-state index in [0.29, 0.717) is 23.9 Å². The van der Waals surface area contributed by atoms with Crippen LogP contribution in [0.5, 0.6) is 5.75 Å². The fourth-order valence-electron chi connectivity index (χ4n) is 2.00. The molecular weight excluding hydrogens is 302 g/mol. The van der Waals surface area contributed by atoms with Gasteiger partial charge < -0.3 is 15.2 Å². The number of hydrogen-bond donors (Lipinski definition) is 2. The number of carboxylic acids is 1. The van der Waals surface area contributed by atoms with Crippen LogP contribution in [0.3, 0.4) is 0 Å². The zero-order valence-corrected chi connectivity index (χ0v) is 12.8. The Kier molecular flexibility index (Phi) is 6.10. The van der Waals surface area contributed by atoms with E-state index in [9.17, 15) is 4.79 Å². The highest BCUT2D eigenvalue weighted by molar-refractivity contribution is 6.31. The zero-order valence-electron chi connectivity index (χ0n) is 12.1. The van der Waals surface area contributed by atoms with Crippen LogP contribution in [-0.2, 0) is 0 Å². The van der Waals surface area contributed by atoms with Gasteiger partial charge in [-0.25, -0.2) is 4.79 Å². The number of ether oxygens (including phenoxy) is 1. The largest absolute Gasteiger partial charge is 0.494 e. The van der Waals surface area contributed by atoms with Gasteiger partial charge in [-0.3, -0.25) is 0 Å². The number of benzene rings is 2. The molecule has 0 unspecified atom stereocenters. The molecule has 5 heteroatoms. The van der Waals surface area contributed by atoms with Gasteiger partial charge in [-0.1, -0.05) is 29.8 Å². The number of carboxylic acid groups (broad SMARTS) is 1. The lowest BCUT2D eigenvalue weighted by Crippen LogP contribution is -2.09. The van der Waals surface area contributed by atoms with E-state index in [1.807, 2.05) is 30.3 Å². The third kappa shape index (κ3) is 4.97. The van der Waals surface area contributed by atoms with Crippen LogP contribution in [0.4, 0.5) is 5.69 Å². The van der Waals surface area contributed by atoms with Gasteiger partial charge in [0, 0.05) is 17.3 Å². The molecule has 2 aromatic rings. The van der Waals surface area contributed by atoms with Crippen LogP contribution >= 0.6 is 11.6 Å². The van der Waals surface area contributed by atoms with Crippen molar-refractivity contribution >= 4 is 23.3 Å². The molecule has 0 radical (unpaired) electrons. The molecule has 0 aliphatic carbocycles. The monoisotopic (exact) mass is 319 g/mol. The number of halogens is 1. The molecule has 0 aliphatic rings. The van der Waals surface area contributed by atoms with E-state index in [2.05, 4.69) is 5.32 Å². The summed E-state index contributed by atoms with van der Waals surface area (Å²) in [5.41, 5.74) is 0.772. The lowest BCUT2D eigenvalue weighted by molar-refractivity contribution is 0.0698. The molecular formula is C17H18ClNO3. The van der Waals surface area contributed by atoms with Crippen molar-refractivity contribution in [1.29, 1.82) is 0 Å². The molecule has 0 amide bonds. The number of carbonyl (C=O) groups is 1. The van der Waals surface area contributed by atoms with E-state index in [1.165, 1.54) is 6.07 Å². The summed E-state index contributed by atoms with van der Waals surface area (Å²) in [7, 11) is 0. The topological polar surface area (TPSA) is 58.6 Å². The minimum absolute atomic E-state index is 0.188. The van der Waals surface area contributed by atoms with E-state index >= 15 is 0 Å². The molecule has 0 bridgehead atoms. The average Bonchev–Trinajstić information content (AvgIpc) is 2.52. The van der Waals surface area contributed by atoms with Crippen LogP contribution in [0.1, 0.15) is 23.2 Å². The summed E-state index contributed by atoms with van der Waals surface area (Å²) in [5, 5.41) is 12.7. The maximum atomic E-state index is 11.1. The number of rotatable bonds is 8. The second kappa shape index (κ2) is 8.29. The number of aromatic carboxylic acids is 1. The quantitative estimate of drug-likeness (QED) is 0.712. The lowest BCUT2D eigenvalue weighted by Gasteiger charge is -2.10. The fourth-order valence-corrected chi connectivity index (χ4v) is 2.18. The molecule has 0 saturated heterocycles. The van der Waals surface area contributed by atoms with E-state index < -0.39 is 5.97 Å². The second-order valence-electron chi connectivity index (χ2n) is 4.79. The van der Waals surface area contributed by atoms with Crippen LogP contribution in [0.15, 0.2) is 48.5 Å². The van der Waals surface area contributed by atoms with Gasteiger partial charge in [0.05, 0.1) is 12.2 Å². The summed E-state index contributed by atoms with van der Waals surface area (Å²) in [6.45, 7) is 1.32. The molecule has 116 valence electrons. The number of unbranched alkanes of at least 4 members (excludes halogenated alkanes) is 1. The van der Waals surface area contributed by atoms with Crippen LogP contribution in [0.25, 0.3) is 0 Å². The van der Waals surface area contributed by atoms with Crippen LogP contribution < -0.4 is 10.1 Å². The number of para-hydroxylation sites is 1. The first-order chi connectivity index (χ1) is 10.7. The first kappa shape index (κ1) is 16.2. The Hall–Kier alpha value is -2.20. The predicted octanol–water partition coefficient (Wildman–Crippen LogP) is 4.31. The summed E-state index contributed by atoms with van der Waals surface area (Å²) in [6.07, 6.45) is 1.77. The van der Waals surface area contributed by atoms with E-state index in [4.69, 9.17) is 21.4 Å². The molecule has 2 aromatic carbocycles. The van der Waals surface area contributed by atoms with Gasteiger partial charge >= 0.3 is 5.97 Å². The molecule has 0 aliphatic heterocycles. The average molecular weight is 320 g/mol. The summed E-state index contributed by atoms with van der Waals surface area (Å²) < 4.78 is 5.60. The SMILES string of the molecule is O=C(O)c1cc(Cl)ccc1NCCCCOc1ccccc1. The number of nitrogens with one attached hydrogen (secondary N) is 1. The summed E-state index contributed by atoms with van der Waals surface area (Å²) in [5.74, 6) is -0.126. The zero-order chi connectivity index (χ0) is 15.8. The normalized spacial score (nSPS) is 10.2. The van der Waals surface area contributed by atoms with Gasteiger partial charge in [0.1, 0.15) is 5.75 Å². The fraction of sp³-hybridized carbons (Fsp3) is 0.235. The molecule has 2 rings (SSSR count). The second-order valence-corrected chi connectivity index (χ2v) is 5.23. The Morgan fingerprint density at radius 2 is 1.91 bits per heavy atom. The summed E-state index contributed by atoms with van der Waals surface area (Å²) in [4.78, 5) is 11.1. The van der Waals surface area contributed by atoms with Crippen molar-refractivity contribution in [3.63, 3.8) is 0 Å². The van der Waals surface area contributed by atoms with Gasteiger partial charge in [0.2, 0.25) is 0 Å². The first-order valence-electron chi connectivity index (χ1n) is 7.11. The highest BCUT2D eigenvalue weighted by Gasteiger charge is 2.10. The van der Waals surface area contributed by atoms with Crippen LogP contribution in [-0.4, -0.2) is 24.2 Å². The number of hydrogen-bond acceptors (Lipinski definition) is 3. The van der Waals surface area contributed by atoms with Gasteiger partial charge in [-0.15, -0.1) is 0 Å². The standard InChI is InChI=1S/C17H18ClNO3/c18-13-8-9-16(15(12-13)17(20)21)19-10-4-5-11-22-14-6-2-1-3-7-14/h1-3,6-9,12,19H,4-5,10-11H2,(H,20,21). The molecule has 0 atom stereocenters. The smallest absolute Gasteiger partial charge is 0.337 e. The van der Waals surface area contributed by atoms with Crippen molar-refractivity contribution in [2.24, 2.45) is 0 Å². The summed E-state index contributed by atoms with van der Waals surface area (Å²) >= 11 is 5.81. The van der Waals surface area contributed by atoms with E-state index in [1.54, 1.807) is 12.1 Å². The summed E-state index contributed by atoms with van der Waals surface area (Å²) in [6, 6.07) is 14.5. The minimum Gasteiger partial charge on any atom is -0.494 e. The van der Waals surface area contributed by atoms with Gasteiger partial charge in [0.15, 0.2) is 0 Å². The van der Waals surface area contributed by atoms with E-state index in [-0.39, 0.29) is 5.56 Å². The Morgan fingerprint density at radius 1 is 1.14 bits per heavy atom. The Balaban J connectivity index is 1.72. The molecule has 0 saturated carbocycles. The molecule has 0 aromatic heterocycles. The van der Waals surface area contributed by atoms with Crippen LogP contribution in [0, 0.1) is 0 Å². The highest BCUT2D eigenvalue weighted by Crippen LogP contribution is 2.20. The number of anilines is 1. The van der Waals surface area contributed by atoms with Crippen LogP contribution in [0.2, 0.25) is 5.02 Å². The van der Waals surface area contributed by atoms with Crippen molar-refractivity contribution in [1.82, 2.24) is 0 Å². The van der Waals surface area contributed by atoms with Crippen molar-refractivity contribution in [2.45, 2.75) is 12.8 Å². The van der Waals surface area contributed by atoms with Gasteiger partial charge in [-0.05, 0) is 43.2 Å². The molecule has 2 N–H and O–H groups in total. The first-order valence-corrected chi connectivity index (χ1v) is 7.49. The maximum Gasteiger partial charge on any atom is 0.337 e. The third-order valence-corrected chi connectivity index (χ3v) is 3.35. The predicted molar refractivity (Wildman–Crippen MR) is 88.1 cm³/mol. The van der Waals surface area contributed by atoms with Crippen molar-refractivity contribution < 1.29 is 14.6 Å². The van der Waals surface area contributed by atoms with Crippen molar-refractivity contribution in [3.8, 4) is 5.75 Å². The van der Waals surface area contributed by atoms with Crippen molar-refractivity contribution in [2.75, 3.05) is 18.5 Å². The maximum absolute atomic E-state index is 11.1. The molecule has 0 heterocycles. The Labute approximate surface area is 134 Å². The highest BCUT2D eigenvalue weighted by atomic mass is 35.5. The molecule has 4 nitrogen and oxygen atoms in total. The van der Waals surface area contributed by atoms with Gasteiger partial charge in [0.25, 0.3) is 0 Å². The van der Waals surface area contributed by atoms with Crippen molar-refractivity contribution in [3.05, 3.63) is 59.1 Å². The molecule has 22 heavy (non-hydrogen) atoms. The minimum atomic E-state index is -0.989.